The summed E-state index contributed by atoms with van der Waals surface area (Å²) in [6, 6.07) is -10.2. The number of guanidine groups is 1. The van der Waals surface area contributed by atoms with E-state index in [1.165, 1.54) is 39.2 Å². The number of ether oxygens (including phenoxy) is 1. The summed E-state index contributed by atoms with van der Waals surface area (Å²) in [7, 11) is 1.11. The topological polar surface area (TPSA) is 448 Å². The first-order chi connectivity index (χ1) is 37.6. The number of cyclic esters (lactones) is 1. The summed E-state index contributed by atoms with van der Waals surface area (Å²) in [5, 5.41) is 51.5. The number of amides is 10. The van der Waals surface area contributed by atoms with Crippen LogP contribution in [-0.2, 0) is 57.5 Å². The van der Waals surface area contributed by atoms with Crippen LogP contribution >= 0.6 is 0 Å². The number of aliphatic imine (C=N–C) groups is 1. The van der Waals surface area contributed by atoms with Gasteiger partial charge in [0.05, 0.1) is 37.8 Å². The number of aliphatic hydroxyl groups is 3. The Bertz CT molecular complexity index is 2140. The molecule has 1 saturated heterocycles. The number of allylic oxidation sites excluding steroid dienone is 1. The number of nitrogens with one attached hydrogen (secondary N) is 8. The fraction of sp³-hybridized carbons (Fsp3) is 0.731. The molecule has 1 heterocycles. The molecule has 1 aliphatic heterocycles. The van der Waals surface area contributed by atoms with Crippen LogP contribution in [0.5, 0.6) is 0 Å². The average molecular weight is 1140 g/mol. The number of carbonyl (C=O) groups excluding carboxylic acids is 11. The molecule has 454 valence electrons. The van der Waals surface area contributed by atoms with Crippen molar-refractivity contribution in [3.8, 4) is 0 Å². The van der Waals surface area contributed by atoms with Gasteiger partial charge in [0, 0.05) is 20.0 Å². The van der Waals surface area contributed by atoms with Crippen LogP contribution in [0.2, 0.25) is 0 Å². The number of unbranched alkanes of at least 4 members (excludes halogenated alkanes) is 8. The third-order valence-electron chi connectivity index (χ3n) is 12.9. The van der Waals surface area contributed by atoms with Crippen molar-refractivity contribution in [3.05, 3.63) is 11.8 Å². The van der Waals surface area contributed by atoms with Gasteiger partial charge in [-0.05, 0) is 65.7 Å². The molecule has 0 aromatic heterocycles. The van der Waals surface area contributed by atoms with E-state index in [2.05, 4.69) is 54.5 Å². The molecule has 0 aromatic rings. The van der Waals surface area contributed by atoms with Crippen LogP contribution < -0.4 is 59.7 Å². The lowest BCUT2D eigenvalue weighted by Gasteiger charge is -2.32. The van der Waals surface area contributed by atoms with E-state index in [4.69, 9.17) is 21.9 Å². The van der Waals surface area contributed by atoms with Crippen molar-refractivity contribution >= 4 is 71.0 Å². The SMILES string of the molecule is C/C=C(/NC(=O)CC(O)CCCCCCCCCCC)C(=O)N[C@H]1C(=O)N[C@@H]([C@@H](C)O)C(=O)NC(CC(C)C)C(=O)NCC(=O)NC(CCC(N)=O)C(=O)NCC(=O)N(C)[C@@H]([C@@H](C)O)C(=O)NC(CCCN=C(N)N)C(=O)O[C@H]1C. The molecule has 80 heavy (non-hydrogen) atoms. The number of nitrogens with zero attached hydrogens (tertiary/aromatic N) is 2. The smallest absolute Gasteiger partial charge is 0.328 e. The summed E-state index contributed by atoms with van der Waals surface area (Å²) >= 11 is 0. The Morgan fingerprint density at radius 2 is 1.32 bits per heavy atom. The lowest BCUT2D eigenvalue weighted by Crippen LogP contribution is -2.62. The maximum absolute atomic E-state index is 14.5. The predicted molar refractivity (Wildman–Crippen MR) is 293 cm³/mol. The average Bonchev–Trinajstić information content (AvgIpc) is 3.37. The van der Waals surface area contributed by atoms with Gasteiger partial charge in [-0.1, -0.05) is 84.6 Å². The number of nitrogens with two attached hydrogens (primary N) is 3. The second-order valence-electron chi connectivity index (χ2n) is 20.5. The van der Waals surface area contributed by atoms with Crippen molar-refractivity contribution in [1.29, 1.82) is 0 Å². The number of carbonyl (C=O) groups is 11. The van der Waals surface area contributed by atoms with Gasteiger partial charge >= 0.3 is 5.97 Å². The first-order valence-corrected chi connectivity index (χ1v) is 27.5. The van der Waals surface area contributed by atoms with Gasteiger partial charge in [0.25, 0.3) is 5.91 Å². The third-order valence-corrected chi connectivity index (χ3v) is 12.9. The number of hydrogen-bond donors (Lipinski definition) is 14. The standard InChI is InChI=1S/C52H91N13O15/c1-9-11-12-13-14-15-16-17-18-20-33(68)26-39(70)59-34(10-2)47(75)64-43-32(7)80-51(79)36(21-19-24-56-52(54)55)61-50(78)44(31(6)67)65(8)41(72)28-58-45(73)35(22-23-38(53)69)60-40(71)27-57-46(74)37(25-29(3)4)62-48(76)42(30(5)66)63-49(43)77/h10,29-33,35-37,42-44,66-68H,9,11-28H2,1-8H3,(H2,53,69)(H,57,74)(H,58,73)(H,59,70)(H,60,71)(H,61,78)(H,62,76)(H,63,77)(H,64,75)(H4,54,55,56)/b34-10+/t30-,31-,32+,33?,35?,36?,37?,42+,43-,44+/m1/s1. The van der Waals surface area contributed by atoms with Gasteiger partial charge < -0.3 is 84.7 Å². The number of rotatable bonds is 26. The first kappa shape index (κ1) is 71.1. The molecular formula is C52H91N13O15. The molecule has 1 aliphatic rings. The molecule has 0 bridgehead atoms. The molecule has 28 nitrogen and oxygen atoms in total. The summed E-state index contributed by atoms with van der Waals surface area (Å²) in [6.07, 6.45) is 3.42. The zero-order valence-electron chi connectivity index (χ0n) is 47.7. The van der Waals surface area contributed by atoms with E-state index in [0.29, 0.717) is 12.8 Å². The van der Waals surface area contributed by atoms with Crippen molar-refractivity contribution in [2.24, 2.45) is 28.1 Å². The summed E-state index contributed by atoms with van der Waals surface area (Å²) in [4.78, 5) is 154. The maximum Gasteiger partial charge on any atom is 0.328 e. The molecular weight excluding hydrogens is 1050 g/mol. The van der Waals surface area contributed by atoms with Crippen LogP contribution in [0, 0.1) is 5.92 Å². The largest absolute Gasteiger partial charge is 0.458 e. The van der Waals surface area contributed by atoms with Crippen molar-refractivity contribution in [1.82, 2.24) is 47.4 Å². The maximum atomic E-state index is 14.5. The number of aliphatic hydroxyl groups excluding tert-OH is 3. The Hall–Kier alpha value is -6.94. The van der Waals surface area contributed by atoms with Crippen molar-refractivity contribution in [3.63, 3.8) is 0 Å². The van der Waals surface area contributed by atoms with E-state index in [-0.39, 0.29) is 50.5 Å². The lowest BCUT2D eigenvalue weighted by atomic mass is 10.0. The molecule has 17 N–H and O–H groups in total. The van der Waals surface area contributed by atoms with Gasteiger partial charge in [-0.25, -0.2) is 4.79 Å². The molecule has 4 unspecified atom stereocenters. The van der Waals surface area contributed by atoms with Crippen LogP contribution in [0.4, 0.5) is 0 Å². The van der Waals surface area contributed by atoms with E-state index < -0.39 is 151 Å². The number of primary amides is 1. The van der Waals surface area contributed by atoms with Gasteiger partial charge in [0.1, 0.15) is 48.1 Å². The van der Waals surface area contributed by atoms with Gasteiger partial charge in [-0.15, -0.1) is 0 Å². The van der Waals surface area contributed by atoms with Crippen LogP contribution in [0.25, 0.3) is 0 Å². The number of likely N-dealkylation sites (N-methyl/N-ethyl adjacent to an activating group) is 1. The van der Waals surface area contributed by atoms with E-state index in [1.807, 2.05) is 0 Å². The second-order valence-corrected chi connectivity index (χ2v) is 20.5. The highest BCUT2D eigenvalue weighted by atomic mass is 16.5. The minimum atomic E-state index is -1.97. The van der Waals surface area contributed by atoms with Crippen LogP contribution in [0.3, 0.4) is 0 Å². The fourth-order valence-corrected chi connectivity index (χ4v) is 8.41. The molecule has 0 radical (unpaired) electrons. The summed E-state index contributed by atoms with van der Waals surface area (Å²) < 4.78 is 5.74. The molecule has 1 fully saturated rings. The molecule has 10 amide bonds. The van der Waals surface area contributed by atoms with E-state index >= 15 is 0 Å². The molecule has 1 rings (SSSR count). The third kappa shape index (κ3) is 27.8. The monoisotopic (exact) mass is 1140 g/mol. The number of hydrogen-bond acceptors (Lipinski definition) is 16. The van der Waals surface area contributed by atoms with Crippen LogP contribution in [-0.4, -0.2) is 179 Å². The van der Waals surface area contributed by atoms with Crippen LogP contribution in [0.1, 0.15) is 151 Å². The second kappa shape index (κ2) is 37.8. The minimum Gasteiger partial charge on any atom is -0.458 e. The van der Waals surface area contributed by atoms with Gasteiger partial charge in [0.15, 0.2) is 5.96 Å². The quantitative estimate of drug-likeness (QED) is 0.0137. The summed E-state index contributed by atoms with van der Waals surface area (Å²) in [6.45, 7) is 8.74. The Morgan fingerprint density at radius 3 is 1.89 bits per heavy atom. The molecule has 0 aromatic carbocycles. The van der Waals surface area contributed by atoms with Gasteiger partial charge in [-0.2, -0.15) is 0 Å². The summed E-state index contributed by atoms with van der Waals surface area (Å²) in [5.74, 6) is -11.8. The fourth-order valence-electron chi connectivity index (χ4n) is 8.41. The zero-order chi connectivity index (χ0) is 60.6. The molecule has 0 spiro atoms. The summed E-state index contributed by atoms with van der Waals surface area (Å²) in [5.41, 5.74) is 15.9. The predicted octanol–water partition coefficient (Wildman–Crippen LogP) is -2.77. The Balaban J connectivity index is 3.82. The van der Waals surface area contributed by atoms with E-state index in [1.54, 1.807) is 13.8 Å². The lowest BCUT2D eigenvalue weighted by molar-refractivity contribution is -0.157. The van der Waals surface area contributed by atoms with E-state index in [9.17, 15) is 68.1 Å². The first-order valence-electron chi connectivity index (χ1n) is 27.5. The van der Waals surface area contributed by atoms with Crippen molar-refractivity contribution in [2.45, 2.75) is 212 Å². The Labute approximate surface area is 468 Å². The number of esters is 1. The minimum absolute atomic E-state index is 0.000166. The molecule has 0 saturated carbocycles. The van der Waals surface area contributed by atoms with Gasteiger partial charge in [0.2, 0.25) is 53.2 Å². The highest BCUT2D eigenvalue weighted by Crippen LogP contribution is 2.15. The highest BCUT2D eigenvalue weighted by molar-refractivity contribution is 6.01. The zero-order valence-corrected chi connectivity index (χ0v) is 47.7. The molecule has 28 heteroatoms. The Kier molecular flexibility index (Phi) is 33.6. The van der Waals surface area contributed by atoms with Crippen molar-refractivity contribution < 1.29 is 72.8 Å². The van der Waals surface area contributed by atoms with Crippen LogP contribution in [0.15, 0.2) is 16.8 Å². The molecule has 10 atom stereocenters. The van der Waals surface area contributed by atoms with E-state index in [0.717, 1.165) is 57.9 Å². The molecule has 0 aliphatic carbocycles. The normalized spacial score (nSPS) is 23.0. The Morgan fingerprint density at radius 1 is 0.738 bits per heavy atom. The highest BCUT2D eigenvalue weighted by Gasteiger charge is 2.39. The van der Waals surface area contributed by atoms with Gasteiger partial charge in [-0.3, -0.25) is 52.9 Å². The van der Waals surface area contributed by atoms with Crippen molar-refractivity contribution in [2.75, 3.05) is 26.7 Å².